The van der Waals surface area contributed by atoms with Gasteiger partial charge >= 0.3 is 0 Å². The highest BCUT2D eigenvalue weighted by Gasteiger charge is 2.21. The number of nitrogens with two attached hydrogens (primary N) is 1. The summed E-state index contributed by atoms with van der Waals surface area (Å²) in [6.07, 6.45) is 1.50. The van der Waals surface area contributed by atoms with Gasteiger partial charge < -0.3 is 20.9 Å². The molecule has 1 aliphatic heterocycles. The van der Waals surface area contributed by atoms with E-state index in [0.717, 1.165) is 26.2 Å². The number of rotatable bonds is 4. The van der Waals surface area contributed by atoms with E-state index in [1.165, 1.54) is 17.4 Å². The maximum atomic E-state index is 12.5. The van der Waals surface area contributed by atoms with E-state index in [-0.39, 0.29) is 17.3 Å². The smallest absolute Gasteiger partial charge is 0.260 e. The van der Waals surface area contributed by atoms with Crippen LogP contribution in [-0.4, -0.2) is 42.1 Å². The van der Waals surface area contributed by atoms with Crippen LogP contribution in [0.5, 0.6) is 0 Å². The number of benzene rings is 2. The number of piperazine rings is 1. The predicted molar refractivity (Wildman–Crippen MR) is 116 cm³/mol. The summed E-state index contributed by atoms with van der Waals surface area (Å²) in [6.45, 7) is 5.45. The average molecular weight is 388 g/mol. The van der Waals surface area contributed by atoms with Crippen LogP contribution in [0.3, 0.4) is 0 Å². The molecule has 3 aromatic rings. The van der Waals surface area contributed by atoms with E-state index in [1.807, 2.05) is 30.3 Å². The number of aromatic nitrogens is 2. The number of aryl methyl sites for hydroxylation is 1. The van der Waals surface area contributed by atoms with Gasteiger partial charge in [-0.25, -0.2) is 4.98 Å². The van der Waals surface area contributed by atoms with Gasteiger partial charge in [-0.3, -0.25) is 4.79 Å². The zero-order valence-electron chi connectivity index (χ0n) is 16.4. The lowest BCUT2D eigenvalue weighted by atomic mass is 10.2. The van der Waals surface area contributed by atoms with Crippen LogP contribution in [-0.2, 0) is 0 Å². The Balaban J connectivity index is 1.41. The highest BCUT2D eigenvalue weighted by Crippen LogP contribution is 2.21. The van der Waals surface area contributed by atoms with Gasteiger partial charge in [-0.2, -0.15) is 4.98 Å². The van der Waals surface area contributed by atoms with Crippen molar-refractivity contribution < 1.29 is 4.79 Å². The van der Waals surface area contributed by atoms with Crippen LogP contribution in [0.1, 0.15) is 15.9 Å². The van der Waals surface area contributed by atoms with Gasteiger partial charge in [0, 0.05) is 43.8 Å². The molecule has 2 heterocycles. The van der Waals surface area contributed by atoms with Gasteiger partial charge in [0.1, 0.15) is 11.4 Å². The Morgan fingerprint density at radius 2 is 1.72 bits per heavy atom. The SMILES string of the molecule is Cc1cccc(N2CCN(c3ncc(C(=O)Nc4ccccc4)c(N)n3)CC2)c1. The van der Waals surface area contributed by atoms with Gasteiger partial charge in [-0.1, -0.05) is 30.3 Å². The number of amides is 1. The quantitative estimate of drug-likeness (QED) is 0.715. The molecule has 1 amide bonds. The number of anilines is 4. The normalized spacial score (nSPS) is 14.0. The third-order valence-corrected chi connectivity index (χ3v) is 5.01. The maximum absolute atomic E-state index is 12.5. The number of nitrogen functional groups attached to an aromatic ring is 1. The van der Waals surface area contributed by atoms with E-state index >= 15 is 0 Å². The molecule has 1 fully saturated rings. The molecule has 0 atom stereocenters. The summed E-state index contributed by atoms with van der Waals surface area (Å²) in [5.41, 5.74) is 9.53. The van der Waals surface area contributed by atoms with E-state index in [1.54, 1.807) is 0 Å². The van der Waals surface area contributed by atoms with Gasteiger partial charge in [0.15, 0.2) is 0 Å². The molecule has 0 unspecified atom stereocenters. The van der Waals surface area contributed by atoms with Crippen LogP contribution in [0.25, 0.3) is 0 Å². The fraction of sp³-hybridized carbons (Fsp3) is 0.227. The second-order valence-corrected chi connectivity index (χ2v) is 7.10. The maximum Gasteiger partial charge on any atom is 0.260 e. The van der Waals surface area contributed by atoms with Crippen LogP contribution in [0.15, 0.2) is 60.8 Å². The molecule has 1 aromatic heterocycles. The minimum atomic E-state index is -0.315. The number of hydrogen-bond acceptors (Lipinski definition) is 6. The molecule has 29 heavy (non-hydrogen) atoms. The molecular formula is C22H24N6O. The molecule has 7 nitrogen and oxygen atoms in total. The van der Waals surface area contributed by atoms with Gasteiger partial charge in [0.2, 0.25) is 5.95 Å². The molecule has 4 rings (SSSR count). The van der Waals surface area contributed by atoms with Gasteiger partial charge in [0.25, 0.3) is 5.91 Å². The fourth-order valence-corrected chi connectivity index (χ4v) is 3.42. The third-order valence-electron chi connectivity index (χ3n) is 5.01. The average Bonchev–Trinajstić information content (AvgIpc) is 2.74. The lowest BCUT2D eigenvalue weighted by Crippen LogP contribution is -2.47. The molecule has 148 valence electrons. The van der Waals surface area contributed by atoms with E-state index in [9.17, 15) is 4.79 Å². The second kappa shape index (κ2) is 8.18. The number of para-hydroxylation sites is 1. The standard InChI is InChI=1S/C22H24N6O/c1-16-6-5-9-18(14-16)27-10-12-28(13-11-27)22-24-15-19(20(23)26-22)21(29)25-17-7-3-2-4-8-17/h2-9,14-15H,10-13H2,1H3,(H,25,29)(H2,23,24,26). The molecule has 0 spiro atoms. The van der Waals surface area contributed by atoms with Crippen LogP contribution in [0, 0.1) is 6.92 Å². The molecule has 1 aliphatic rings. The minimum Gasteiger partial charge on any atom is -0.383 e. The van der Waals surface area contributed by atoms with Crippen molar-refractivity contribution >= 4 is 29.0 Å². The summed E-state index contributed by atoms with van der Waals surface area (Å²) >= 11 is 0. The van der Waals surface area contributed by atoms with Gasteiger partial charge in [-0.05, 0) is 36.8 Å². The Labute approximate surface area is 170 Å². The summed E-state index contributed by atoms with van der Waals surface area (Å²) in [5.74, 6) is 0.428. The van der Waals surface area contributed by atoms with Crippen LogP contribution in [0.4, 0.5) is 23.1 Å². The topological polar surface area (TPSA) is 87.4 Å². The molecule has 0 radical (unpaired) electrons. The molecule has 1 saturated heterocycles. The van der Waals surface area contributed by atoms with Crippen LogP contribution < -0.4 is 20.9 Å². The van der Waals surface area contributed by atoms with Crippen LogP contribution >= 0.6 is 0 Å². The predicted octanol–water partition coefficient (Wildman–Crippen LogP) is 2.95. The highest BCUT2D eigenvalue weighted by molar-refractivity contribution is 6.07. The zero-order chi connectivity index (χ0) is 20.2. The Morgan fingerprint density at radius 3 is 2.41 bits per heavy atom. The number of nitrogens with zero attached hydrogens (tertiary/aromatic N) is 4. The molecule has 0 bridgehead atoms. The van der Waals surface area contributed by atoms with Crippen molar-refractivity contribution in [1.82, 2.24) is 9.97 Å². The summed E-state index contributed by atoms with van der Waals surface area (Å²) < 4.78 is 0. The number of carbonyl (C=O) groups excluding carboxylic acids is 1. The number of hydrogen-bond donors (Lipinski definition) is 2. The van der Waals surface area contributed by atoms with Crippen molar-refractivity contribution in [3.8, 4) is 0 Å². The van der Waals surface area contributed by atoms with E-state index < -0.39 is 0 Å². The largest absolute Gasteiger partial charge is 0.383 e. The van der Waals surface area contributed by atoms with E-state index in [4.69, 9.17) is 5.73 Å². The zero-order valence-corrected chi connectivity index (χ0v) is 16.4. The number of nitrogens with one attached hydrogen (secondary N) is 1. The van der Waals surface area contributed by atoms with Gasteiger partial charge in [-0.15, -0.1) is 0 Å². The molecule has 0 saturated carbocycles. The summed E-state index contributed by atoms with van der Waals surface area (Å²) in [5, 5.41) is 2.81. The van der Waals surface area contributed by atoms with Crippen LogP contribution in [0.2, 0.25) is 0 Å². The number of carbonyl (C=O) groups is 1. The molecule has 3 N–H and O–H groups in total. The Kier molecular flexibility index (Phi) is 5.29. The van der Waals surface area contributed by atoms with Crippen molar-refractivity contribution in [2.24, 2.45) is 0 Å². The van der Waals surface area contributed by atoms with Crippen molar-refractivity contribution in [2.75, 3.05) is 47.0 Å². The Morgan fingerprint density at radius 1 is 1.00 bits per heavy atom. The monoisotopic (exact) mass is 388 g/mol. The third kappa shape index (κ3) is 4.29. The van der Waals surface area contributed by atoms with Crippen molar-refractivity contribution in [1.29, 1.82) is 0 Å². The lowest BCUT2D eigenvalue weighted by molar-refractivity contribution is 0.102. The van der Waals surface area contributed by atoms with Gasteiger partial charge in [0.05, 0.1) is 0 Å². The van der Waals surface area contributed by atoms with Crippen molar-refractivity contribution in [3.05, 3.63) is 71.9 Å². The molecule has 2 aromatic carbocycles. The first-order valence-corrected chi connectivity index (χ1v) is 9.65. The van der Waals surface area contributed by atoms with E-state index in [0.29, 0.717) is 11.6 Å². The first-order chi connectivity index (χ1) is 14.1. The summed E-state index contributed by atoms with van der Waals surface area (Å²) in [6, 6.07) is 17.8. The van der Waals surface area contributed by atoms with E-state index in [2.05, 4.69) is 56.3 Å². The highest BCUT2D eigenvalue weighted by atomic mass is 16.1. The molecule has 0 aliphatic carbocycles. The molecular weight excluding hydrogens is 364 g/mol. The first-order valence-electron chi connectivity index (χ1n) is 9.65. The summed E-state index contributed by atoms with van der Waals surface area (Å²) in [4.78, 5) is 25.7. The Bertz CT molecular complexity index is 999. The minimum absolute atomic E-state index is 0.185. The first kappa shape index (κ1) is 18.7. The summed E-state index contributed by atoms with van der Waals surface area (Å²) in [7, 11) is 0. The van der Waals surface area contributed by atoms with Crippen molar-refractivity contribution in [3.63, 3.8) is 0 Å². The lowest BCUT2D eigenvalue weighted by Gasteiger charge is -2.36. The molecule has 7 heteroatoms. The fourth-order valence-electron chi connectivity index (χ4n) is 3.42. The van der Waals surface area contributed by atoms with Crippen molar-refractivity contribution in [2.45, 2.75) is 6.92 Å². The second-order valence-electron chi connectivity index (χ2n) is 7.10. The Hall–Kier alpha value is -3.61.